The first-order chi connectivity index (χ1) is 11.2. The summed E-state index contributed by atoms with van der Waals surface area (Å²) in [5.41, 5.74) is 3.97. The van der Waals surface area contributed by atoms with Crippen LogP contribution < -0.4 is 0 Å². The Balaban J connectivity index is 1.83. The average Bonchev–Trinajstić information content (AvgIpc) is 3.06. The molecule has 4 heteroatoms. The highest BCUT2D eigenvalue weighted by molar-refractivity contribution is 7.18. The first-order valence-electron chi connectivity index (χ1n) is 7.48. The minimum absolute atomic E-state index is 0.293. The fourth-order valence-corrected chi connectivity index (χ4v) is 3.15. The van der Waals surface area contributed by atoms with E-state index in [2.05, 4.69) is 36.2 Å². The maximum absolute atomic E-state index is 11.7. The lowest BCUT2D eigenvalue weighted by Gasteiger charge is -2.02. The van der Waals surface area contributed by atoms with Crippen molar-refractivity contribution in [2.75, 3.05) is 6.61 Å². The van der Waals surface area contributed by atoms with Crippen LogP contribution in [0.5, 0.6) is 0 Å². The van der Waals surface area contributed by atoms with Crippen molar-refractivity contribution in [3.8, 4) is 21.0 Å². The molecule has 116 valence electrons. The maximum Gasteiger partial charge on any atom is 0.338 e. The number of aryl methyl sites for hydroxylation is 1. The van der Waals surface area contributed by atoms with Gasteiger partial charge in [0.15, 0.2) is 0 Å². The van der Waals surface area contributed by atoms with E-state index in [9.17, 15) is 4.79 Å². The van der Waals surface area contributed by atoms with Gasteiger partial charge in [0.25, 0.3) is 0 Å². The number of nitrogens with zero attached hydrogens (tertiary/aromatic N) is 1. The monoisotopic (exact) mass is 323 g/mol. The molecule has 0 aliphatic rings. The van der Waals surface area contributed by atoms with Gasteiger partial charge in [-0.1, -0.05) is 42.0 Å². The van der Waals surface area contributed by atoms with Crippen molar-refractivity contribution in [3.05, 3.63) is 65.9 Å². The van der Waals surface area contributed by atoms with Crippen LogP contribution in [-0.4, -0.2) is 17.6 Å². The molecule has 0 saturated heterocycles. The van der Waals surface area contributed by atoms with E-state index in [1.54, 1.807) is 30.4 Å². The molecule has 0 aliphatic carbocycles. The molecule has 1 heterocycles. The van der Waals surface area contributed by atoms with Gasteiger partial charge in [-0.25, -0.2) is 9.78 Å². The smallest absolute Gasteiger partial charge is 0.338 e. The van der Waals surface area contributed by atoms with Crippen molar-refractivity contribution in [3.63, 3.8) is 0 Å². The lowest BCUT2D eigenvalue weighted by molar-refractivity contribution is 0.0526. The second-order valence-electron chi connectivity index (χ2n) is 5.19. The minimum Gasteiger partial charge on any atom is -0.462 e. The standard InChI is InChI=1S/C19H17NO2S/c1-3-22-19(21)16-10-8-15(9-11-16)18-20-12-17(23-18)14-6-4-13(2)5-7-14/h4-12H,3H2,1-2H3. The van der Waals surface area contributed by atoms with Crippen molar-refractivity contribution in [1.29, 1.82) is 0 Å². The van der Waals surface area contributed by atoms with Gasteiger partial charge >= 0.3 is 5.97 Å². The maximum atomic E-state index is 11.7. The number of benzene rings is 2. The zero-order valence-electron chi connectivity index (χ0n) is 13.1. The summed E-state index contributed by atoms with van der Waals surface area (Å²) in [4.78, 5) is 17.3. The van der Waals surface area contributed by atoms with Crippen molar-refractivity contribution >= 4 is 17.3 Å². The molecule has 0 amide bonds. The van der Waals surface area contributed by atoms with Gasteiger partial charge in [-0.05, 0) is 31.5 Å². The number of carbonyl (C=O) groups excluding carboxylic acids is 1. The third-order valence-corrected chi connectivity index (χ3v) is 4.58. The summed E-state index contributed by atoms with van der Waals surface area (Å²) in [6, 6.07) is 15.8. The van der Waals surface area contributed by atoms with Gasteiger partial charge in [0.05, 0.1) is 17.0 Å². The molecule has 0 fully saturated rings. The van der Waals surface area contributed by atoms with Crippen LogP contribution >= 0.6 is 11.3 Å². The van der Waals surface area contributed by atoms with E-state index in [0.717, 1.165) is 15.4 Å². The summed E-state index contributed by atoms with van der Waals surface area (Å²) in [5, 5.41) is 0.941. The van der Waals surface area contributed by atoms with Gasteiger partial charge in [-0.15, -0.1) is 11.3 Å². The Bertz CT molecular complexity index is 804. The van der Waals surface area contributed by atoms with E-state index in [4.69, 9.17) is 4.74 Å². The van der Waals surface area contributed by atoms with E-state index >= 15 is 0 Å². The van der Waals surface area contributed by atoms with Crippen LogP contribution in [0.1, 0.15) is 22.8 Å². The quantitative estimate of drug-likeness (QED) is 0.637. The van der Waals surface area contributed by atoms with Crippen LogP contribution in [0.3, 0.4) is 0 Å². The molecule has 23 heavy (non-hydrogen) atoms. The number of hydrogen-bond acceptors (Lipinski definition) is 4. The third-order valence-electron chi connectivity index (χ3n) is 3.48. The fourth-order valence-electron chi connectivity index (χ4n) is 2.22. The number of thiazole rings is 1. The zero-order valence-corrected chi connectivity index (χ0v) is 13.9. The fraction of sp³-hybridized carbons (Fsp3) is 0.158. The zero-order chi connectivity index (χ0) is 16.2. The Morgan fingerprint density at radius 3 is 2.35 bits per heavy atom. The Hall–Kier alpha value is -2.46. The van der Waals surface area contributed by atoms with Crippen LogP contribution in [0.2, 0.25) is 0 Å². The number of ether oxygens (including phenoxy) is 1. The molecule has 0 saturated carbocycles. The Kier molecular flexibility index (Phi) is 4.53. The second kappa shape index (κ2) is 6.75. The van der Waals surface area contributed by atoms with E-state index in [0.29, 0.717) is 12.2 Å². The van der Waals surface area contributed by atoms with Crippen LogP contribution in [-0.2, 0) is 4.74 Å². The predicted molar refractivity (Wildman–Crippen MR) is 93.7 cm³/mol. The van der Waals surface area contributed by atoms with Gasteiger partial charge in [0.2, 0.25) is 0 Å². The van der Waals surface area contributed by atoms with Gasteiger partial charge < -0.3 is 4.74 Å². The number of carbonyl (C=O) groups is 1. The van der Waals surface area contributed by atoms with E-state index in [-0.39, 0.29) is 5.97 Å². The van der Waals surface area contributed by atoms with E-state index in [1.165, 1.54) is 11.1 Å². The van der Waals surface area contributed by atoms with Crippen LogP contribution in [0, 0.1) is 6.92 Å². The van der Waals surface area contributed by atoms with E-state index in [1.807, 2.05) is 18.3 Å². The second-order valence-corrected chi connectivity index (χ2v) is 6.22. The van der Waals surface area contributed by atoms with E-state index < -0.39 is 0 Å². The average molecular weight is 323 g/mol. The predicted octanol–water partition coefficient (Wildman–Crippen LogP) is 4.96. The highest BCUT2D eigenvalue weighted by Crippen LogP contribution is 2.32. The lowest BCUT2D eigenvalue weighted by Crippen LogP contribution is -2.03. The minimum atomic E-state index is -0.293. The summed E-state index contributed by atoms with van der Waals surface area (Å²) in [6.45, 7) is 4.26. The summed E-state index contributed by atoms with van der Waals surface area (Å²) in [6.07, 6.45) is 1.89. The molecule has 0 bridgehead atoms. The first kappa shape index (κ1) is 15.4. The number of hydrogen-bond donors (Lipinski definition) is 0. The molecule has 3 aromatic rings. The molecule has 2 aromatic carbocycles. The highest BCUT2D eigenvalue weighted by atomic mass is 32.1. The van der Waals surface area contributed by atoms with Crippen molar-refractivity contribution in [1.82, 2.24) is 4.98 Å². The van der Waals surface area contributed by atoms with Gasteiger partial charge in [0.1, 0.15) is 5.01 Å². The van der Waals surface area contributed by atoms with Crippen molar-refractivity contribution in [2.45, 2.75) is 13.8 Å². The van der Waals surface area contributed by atoms with Crippen molar-refractivity contribution < 1.29 is 9.53 Å². The van der Waals surface area contributed by atoms with Crippen molar-refractivity contribution in [2.24, 2.45) is 0 Å². The molecule has 0 spiro atoms. The molecule has 0 aliphatic heterocycles. The van der Waals surface area contributed by atoms with Crippen LogP contribution in [0.4, 0.5) is 0 Å². The summed E-state index contributed by atoms with van der Waals surface area (Å²) in [5.74, 6) is -0.293. The highest BCUT2D eigenvalue weighted by Gasteiger charge is 2.09. The third kappa shape index (κ3) is 3.48. The Labute approximate surface area is 139 Å². The van der Waals surface area contributed by atoms with Gasteiger partial charge in [0, 0.05) is 11.8 Å². The van der Waals surface area contributed by atoms with Crippen LogP contribution in [0.15, 0.2) is 54.7 Å². The molecule has 3 nitrogen and oxygen atoms in total. The molecular weight excluding hydrogens is 306 g/mol. The Morgan fingerprint density at radius 2 is 1.70 bits per heavy atom. The topological polar surface area (TPSA) is 39.2 Å². The Morgan fingerprint density at radius 1 is 1.04 bits per heavy atom. The number of aromatic nitrogens is 1. The van der Waals surface area contributed by atoms with Gasteiger partial charge in [-0.2, -0.15) is 0 Å². The molecular formula is C19H17NO2S. The SMILES string of the molecule is CCOC(=O)c1ccc(-c2ncc(-c3ccc(C)cc3)s2)cc1. The summed E-state index contributed by atoms with van der Waals surface area (Å²) in [7, 11) is 0. The lowest BCUT2D eigenvalue weighted by atomic mass is 10.1. The largest absolute Gasteiger partial charge is 0.462 e. The summed E-state index contributed by atoms with van der Waals surface area (Å²) < 4.78 is 4.99. The van der Waals surface area contributed by atoms with Gasteiger partial charge in [-0.3, -0.25) is 0 Å². The molecule has 3 rings (SSSR count). The first-order valence-corrected chi connectivity index (χ1v) is 8.29. The normalized spacial score (nSPS) is 10.5. The molecule has 1 aromatic heterocycles. The number of rotatable bonds is 4. The summed E-state index contributed by atoms with van der Waals surface area (Å²) >= 11 is 1.64. The molecule has 0 atom stereocenters. The number of esters is 1. The molecule has 0 N–H and O–H groups in total. The molecule has 0 radical (unpaired) electrons. The molecule has 0 unspecified atom stereocenters. The van der Waals surface area contributed by atoms with Crippen LogP contribution in [0.25, 0.3) is 21.0 Å².